The van der Waals surface area contributed by atoms with E-state index < -0.39 is 0 Å². The number of nitrogens with one attached hydrogen (secondary N) is 1. The van der Waals surface area contributed by atoms with Crippen molar-refractivity contribution in [3.63, 3.8) is 0 Å². The Morgan fingerprint density at radius 2 is 1.83 bits per heavy atom. The summed E-state index contributed by atoms with van der Waals surface area (Å²) < 4.78 is 6.82. The van der Waals surface area contributed by atoms with Gasteiger partial charge in [-0.25, -0.2) is 14.5 Å². The summed E-state index contributed by atoms with van der Waals surface area (Å²) in [4.78, 5) is 21.8. The van der Waals surface area contributed by atoms with E-state index in [1.165, 1.54) is 0 Å². The molecule has 0 bridgehead atoms. The van der Waals surface area contributed by atoms with E-state index >= 15 is 0 Å². The predicted molar refractivity (Wildman–Crippen MR) is 107 cm³/mol. The van der Waals surface area contributed by atoms with Gasteiger partial charge in [-0.2, -0.15) is 5.10 Å². The second-order valence-corrected chi connectivity index (χ2v) is 7.31. The number of anilines is 1. The van der Waals surface area contributed by atoms with Crippen LogP contribution >= 0.6 is 0 Å². The number of carbonyl (C=O) groups excluding carboxylic acids is 1. The molecule has 1 N–H and O–H groups in total. The SMILES string of the molecule is Cc1noc(C)c1C(=O)Nc1ccc(-c2cn3nc4c(nc3n2)CCCC4)cc1. The Kier molecular flexibility index (Phi) is 4.12. The Bertz CT molecular complexity index is 1160. The molecule has 0 radical (unpaired) electrons. The van der Waals surface area contributed by atoms with Crippen LogP contribution in [0.4, 0.5) is 5.69 Å². The number of hydrogen-bond acceptors (Lipinski definition) is 6. The van der Waals surface area contributed by atoms with E-state index in [-0.39, 0.29) is 5.91 Å². The van der Waals surface area contributed by atoms with Gasteiger partial charge in [0.25, 0.3) is 11.7 Å². The number of rotatable bonds is 3. The summed E-state index contributed by atoms with van der Waals surface area (Å²) in [5.41, 5.74) is 5.61. The van der Waals surface area contributed by atoms with Gasteiger partial charge < -0.3 is 9.84 Å². The van der Waals surface area contributed by atoms with Crippen molar-refractivity contribution < 1.29 is 9.32 Å². The van der Waals surface area contributed by atoms with Gasteiger partial charge in [-0.05, 0) is 51.7 Å². The van der Waals surface area contributed by atoms with Gasteiger partial charge in [-0.3, -0.25) is 4.79 Å². The standard InChI is InChI=1S/C21H20N6O2/c1-12-19(13(2)29-26-12)20(28)22-15-9-7-14(8-10-15)18-11-27-21(24-18)23-16-5-3-4-6-17(16)25-27/h7-11H,3-6H2,1-2H3,(H,22,28). The molecular formula is C21H20N6O2. The van der Waals surface area contributed by atoms with Crippen molar-refractivity contribution in [2.45, 2.75) is 39.5 Å². The van der Waals surface area contributed by atoms with Crippen molar-refractivity contribution in [3.05, 3.63) is 58.9 Å². The average Bonchev–Trinajstić information content (AvgIpc) is 3.29. The van der Waals surface area contributed by atoms with Crippen molar-refractivity contribution in [2.24, 2.45) is 0 Å². The first kappa shape index (κ1) is 17.5. The number of aromatic nitrogens is 5. The molecule has 5 rings (SSSR count). The molecule has 1 aromatic carbocycles. The van der Waals surface area contributed by atoms with Crippen LogP contribution in [-0.4, -0.2) is 30.6 Å². The van der Waals surface area contributed by atoms with Crippen LogP contribution < -0.4 is 5.32 Å². The summed E-state index contributed by atoms with van der Waals surface area (Å²) in [6.07, 6.45) is 6.17. The van der Waals surface area contributed by atoms with Gasteiger partial charge in [0.05, 0.1) is 29.0 Å². The lowest BCUT2D eigenvalue weighted by Gasteiger charge is -2.12. The monoisotopic (exact) mass is 388 g/mol. The molecule has 29 heavy (non-hydrogen) atoms. The summed E-state index contributed by atoms with van der Waals surface area (Å²) in [7, 11) is 0. The molecule has 3 aromatic heterocycles. The second-order valence-electron chi connectivity index (χ2n) is 7.31. The molecule has 0 aliphatic heterocycles. The fraction of sp³-hybridized carbons (Fsp3) is 0.286. The van der Waals surface area contributed by atoms with Gasteiger partial charge in [-0.15, -0.1) is 0 Å². The molecule has 4 aromatic rings. The fourth-order valence-corrected chi connectivity index (χ4v) is 3.73. The molecule has 1 aliphatic carbocycles. The highest BCUT2D eigenvalue weighted by molar-refractivity contribution is 6.05. The van der Waals surface area contributed by atoms with Crippen molar-refractivity contribution in [3.8, 4) is 11.3 Å². The summed E-state index contributed by atoms with van der Waals surface area (Å²) >= 11 is 0. The molecule has 0 atom stereocenters. The maximum Gasteiger partial charge on any atom is 0.261 e. The normalized spacial score (nSPS) is 13.4. The molecule has 0 spiro atoms. The maximum atomic E-state index is 12.5. The minimum atomic E-state index is -0.235. The Labute approximate surface area is 167 Å². The zero-order valence-electron chi connectivity index (χ0n) is 16.3. The third kappa shape index (κ3) is 3.16. The average molecular weight is 388 g/mol. The van der Waals surface area contributed by atoms with E-state index in [0.717, 1.165) is 48.3 Å². The van der Waals surface area contributed by atoms with Gasteiger partial charge in [0.1, 0.15) is 11.3 Å². The van der Waals surface area contributed by atoms with E-state index in [0.29, 0.717) is 28.5 Å². The first-order chi connectivity index (χ1) is 14.1. The maximum absolute atomic E-state index is 12.5. The molecule has 1 aliphatic rings. The lowest BCUT2D eigenvalue weighted by atomic mass is 10.0. The van der Waals surface area contributed by atoms with Crippen molar-refractivity contribution in [1.29, 1.82) is 0 Å². The lowest BCUT2D eigenvalue weighted by molar-refractivity contribution is 0.102. The summed E-state index contributed by atoms with van der Waals surface area (Å²) in [6, 6.07) is 7.54. The molecular weight excluding hydrogens is 368 g/mol. The smallest absolute Gasteiger partial charge is 0.261 e. The highest BCUT2D eigenvalue weighted by Crippen LogP contribution is 2.23. The quantitative estimate of drug-likeness (QED) is 0.576. The number of carbonyl (C=O) groups is 1. The number of fused-ring (bicyclic) bond motifs is 2. The number of benzene rings is 1. The van der Waals surface area contributed by atoms with E-state index in [1.807, 2.05) is 30.5 Å². The van der Waals surface area contributed by atoms with E-state index in [9.17, 15) is 4.79 Å². The van der Waals surface area contributed by atoms with Gasteiger partial charge >= 0.3 is 0 Å². The van der Waals surface area contributed by atoms with Crippen molar-refractivity contribution in [2.75, 3.05) is 5.32 Å². The Hall–Kier alpha value is -3.55. The highest BCUT2D eigenvalue weighted by atomic mass is 16.5. The Morgan fingerprint density at radius 1 is 1.07 bits per heavy atom. The summed E-state index contributed by atoms with van der Waals surface area (Å²) in [6.45, 7) is 3.47. The van der Waals surface area contributed by atoms with Gasteiger partial charge in [-0.1, -0.05) is 17.3 Å². The fourth-order valence-electron chi connectivity index (χ4n) is 3.73. The lowest BCUT2D eigenvalue weighted by Crippen LogP contribution is -2.13. The minimum Gasteiger partial charge on any atom is -0.361 e. The molecule has 0 saturated heterocycles. The van der Waals surface area contributed by atoms with Crippen LogP contribution in [0.2, 0.25) is 0 Å². The third-order valence-electron chi connectivity index (χ3n) is 5.24. The van der Waals surface area contributed by atoms with Crippen LogP contribution in [0.5, 0.6) is 0 Å². The molecule has 146 valence electrons. The molecule has 0 unspecified atom stereocenters. The predicted octanol–water partition coefficient (Wildman–Crippen LogP) is 3.53. The van der Waals surface area contributed by atoms with Crippen LogP contribution in [0.3, 0.4) is 0 Å². The molecule has 0 saturated carbocycles. The number of hydrogen-bond donors (Lipinski definition) is 1. The molecule has 8 nitrogen and oxygen atoms in total. The largest absolute Gasteiger partial charge is 0.361 e. The second kappa shape index (κ2) is 6.80. The number of aryl methyl sites for hydroxylation is 4. The molecule has 1 amide bonds. The zero-order valence-corrected chi connectivity index (χ0v) is 16.3. The van der Waals surface area contributed by atoms with Crippen LogP contribution in [0.1, 0.15) is 46.0 Å². The highest BCUT2D eigenvalue weighted by Gasteiger charge is 2.18. The molecule has 3 heterocycles. The zero-order chi connectivity index (χ0) is 20.0. The summed E-state index contributed by atoms with van der Waals surface area (Å²) in [5, 5.41) is 11.4. The van der Waals surface area contributed by atoms with Crippen LogP contribution in [0, 0.1) is 13.8 Å². The van der Waals surface area contributed by atoms with Gasteiger partial charge in [0, 0.05) is 11.3 Å². The molecule has 8 heteroatoms. The Morgan fingerprint density at radius 3 is 2.55 bits per heavy atom. The minimum absolute atomic E-state index is 0.235. The van der Waals surface area contributed by atoms with Gasteiger partial charge in [0.15, 0.2) is 0 Å². The Balaban J connectivity index is 1.39. The van der Waals surface area contributed by atoms with E-state index in [2.05, 4.69) is 25.5 Å². The molecule has 0 fully saturated rings. The van der Waals surface area contributed by atoms with Crippen LogP contribution in [0.25, 0.3) is 17.0 Å². The van der Waals surface area contributed by atoms with Crippen LogP contribution in [0.15, 0.2) is 35.0 Å². The van der Waals surface area contributed by atoms with Crippen LogP contribution in [-0.2, 0) is 12.8 Å². The third-order valence-corrected chi connectivity index (χ3v) is 5.24. The summed E-state index contributed by atoms with van der Waals surface area (Å²) in [5.74, 6) is 0.890. The number of nitrogens with zero attached hydrogens (tertiary/aromatic N) is 5. The first-order valence-electron chi connectivity index (χ1n) is 9.68. The van der Waals surface area contributed by atoms with E-state index in [1.54, 1.807) is 18.4 Å². The first-order valence-corrected chi connectivity index (χ1v) is 9.68. The van der Waals surface area contributed by atoms with Crippen molar-refractivity contribution in [1.82, 2.24) is 24.7 Å². The van der Waals surface area contributed by atoms with Gasteiger partial charge in [0.2, 0.25) is 0 Å². The number of amides is 1. The number of imidazole rings is 1. The topological polar surface area (TPSA) is 98.2 Å². The van der Waals surface area contributed by atoms with E-state index in [4.69, 9.17) is 4.52 Å². The van der Waals surface area contributed by atoms with Crippen molar-refractivity contribution >= 4 is 17.4 Å².